The van der Waals surface area contributed by atoms with E-state index in [1.54, 1.807) is 20.5 Å². The molecule has 1 N–H and O–H groups in total. The molecule has 0 amide bonds. The van der Waals surface area contributed by atoms with E-state index in [4.69, 9.17) is 4.74 Å². The highest BCUT2D eigenvalue weighted by atomic mass is 16.5. The molecule has 0 saturated carbocycles. The Morgan fingerprint density at radius 1 is 1.11 bits per heavy atom. The van der Waals surface area contributed by atoms with Crippen molar-refractivity contribution in [2.45, 2.75) is 25.8 Å². The van der Waals surface area contributed by atoms with Gasteiger partial charge in [-0.05, 0) is 50.0 Å². The summed E-state index contributed by atoms with van der Waals surface area (Å²) >= 11 is 0. The fourth-order valence-corrected chi connectivity index (χ4v) is 3.31. The molecule has 0 aliphatic carbocycles. The maximum Gasteiger partial charge on any atom is 0.332 e. The molecule has 28 heavy (non-hydrogen) atoms. The zero-order chi connectivity index (χ0) is 20.1. The summed E-state index contributed by atoms with van der Waals surface area (Å²) in [5.41, 5.74) is 1.51. The molecule has 0 bridgehead atoms. The minimum Gasteiger partial charge on any atom is -0.497 e. The third-order valence-corrected chi connectivity index (χ3v) is 4.92. The summed E-state index contributed by atoms with van der Waals surface area (Å²) in [5, 5.41) is 3.44. The van der Waals surface area contributed by atoms with Crippen LogP contribution in [0.3, 0.4) is 0 Å². The molecular formula is C20H27N5O3. The van der Waals surface area contributed by atoms with Crippen molar-refractivity contribution in [3.05, 3.63) is 57.0 Å². The van der Waals surface area contributed by atoms with Gasteiger partial charge in [0.1, 0.15) is 5.75 Å². The van der Waals surface area contributed by atoms with E-state index in [2.05, 4.69) is 22.4 Å². The van der Waals surface area contributed by atoms with Gasteiger partial charge in [0.15, 0.2) is 11.2 Å². The largest absolute Gasteiger partial charge is 0.497 e. The van der Waals surface area contributed by atoms with Gasteiger partial charge in [-0.2, -0.15) is 0 Å². The molecule has 3 aromatic rings. The van der Waals surface area contributed by atoms with Gasteiger partial charge in [-0.3, -0.25) is 13.9 Å². The van der Waals surface area contributed by atoms with E-state index in [9.17, 15) is 9.59 Å². The van der Waals surface area contributed by atoms with Crippen LogP contribution in [0.15, 0.2) is 40.2 Å². The molecule has 150 valence electrons. The SMILES string of the molecule is COc1cccc(CCCNCCCn2cnc3c2c(=O)n(C)c(=O)n3C)c1. The van der Waals surface area contributed by atoms with Crippen molar-refractivity contribution in [2.75, 3.05) is 20.2 Å². The Morgan fingerprint density at radius 2 is 1.89 bits per heavy atom. The first kappa shape index (κ1) is 19.9. The first-order valence-corrected chi connectivity index (χ1v) is 9.47. The van der Waals surface area contributed by atoms with Gasteiger partial charge in [-0.15, -0.1) is 0 Å². The molecule has 2 heterocycles. The average Bonchev–Trinajstić information content (AvgIpc) is 3.14. The van der Waals surface area contributed by atoms with E-state index in [-0.39, 0.29) is 11.2 Å². The number of nitrogens with one attached hydrogen (secondary N) is 1. The van der Waals surface area contributed by atoms with Crippen LogP contribution < -0.4 is 21.3 Å². The van der Waals surface area contributed by atoms with E-state index in [1.807, 2.05) is 16.7 Å². The average molecular weight is 385 g/mol. The molecule has 0 saturated heterocycles. The number of fused-ring (bicyclic) bond motifs is 1. The van der Waals surface area contributed by atoms with E-state index in [0.29, 0.717) is 17.7 Å². The first-order valence-electron chi connectivity index (χ1n) is 9.47. The normalized spacial score (nSPS) is 11.2. The number of methoxy groups -OCH3 is 1. The lowest BCUT2D eigenvalue weighted by molar-refractivity contribution is 0.414. The van der Waals surface area contributed by atoms with Crippen molar-refractivity contribution in [1.29, 1.82) is 0 Å². The summed E-state index contributed by atoms with van der Waals surface area (Å²) in [5.74, 6) is 0.890. The van der Waals surface area contributed by atoms with Crippen LogP contribution in [0.25, 0.3) is 11.2 Å². The number of aromatic nitrogens is 4. The number of rotatable bonds is 9. The van der Waals surface area contributed by atoms with Crippen LogP contribution in [0.2, 0.25) is 0 Å². The van der Waals surface area contributed by atoms with Gasteiger partial charge >= 0.3 is 5.69 Å². The predicted molar refractivity (Wildman–Crippen MR) is 109 cm³/mol. The number of aryl methyl sites for hydroxylation is 3. The van der Waals surface area contributed by atoms with Crippen LogP contribution in [0.1, 0.15) is 18.4 Å². The summed E-state index contributed by atoms with van der Waals surface area (Å²) in [6.45, 7) is 2.45. The highest BCUT2D eigenvalue weighted by Crippen LogP contribution is 2.13. The van der Waals surface area contributed by atoms with Crippen LogP contribution in [0, 0.1) is 0 Å². The highest BCUT2D eigenvalue weighted by molar-refractivity contribution is 5.69. The summed E-state index contributed by atoms with van der Waals surface area (Å²) in [4.78, 5) is 28.6. The molecule has 0 unspecified atom stereocenters. The minimum atomic E-state index is -0.361. The summed E-state index contributed by atoms with van der Waals surface area (Å²) in [7, 11) is 4.80. The second-order valence-corrected chi connectivity index (χ2v) is 6.87. The van der Waals surface area contributed by atoms with Crippen molar-refractivity contribution in [3.63, 3.8) is 0 Å². The number of imidazole rings is 1. The monoisotopic (exact) mass is 385 g/mol. The Labute approximate surface area is 163 Å². The van der Waals surface area contributed by atoms with Gasteiger partial charge in [0, 0.05) is 20.6 Å². The molecule has 0 aliphatic heterocycles. The number of nitrogens with zero attached hydrogens (tertiary/aromatic N) is 4. The van der Waals surface area contributed by atoms with Crippen molar-refractivity contribution in [2.24, 2.45) is 14.1 Å². The molecule has 8 heteroatoms. The minimum absolute atomic E-state index is 0.304. The van der Waals surface area contributed by atoms with E-state index >= 15 is 0 Å². The fraction of sp³-hybridized carbons (Fsp3) is 0.450. The quantitative estimate of drug-likeness (QED) is 0.557. The lowest BCUT2D eigenvalue weighted by Gasteiger charge is -2.08. The highest BCUT2D eigenvalue weighted by Gasteiger charge is 2.13. The molecule has 3 rings (SSSR count). The molecule has 8 nitrogen and oxygen atoms in total. The summed E-state index contributed by atoms with van der Waals surface area (Å²) in [6.07, 6.45) is 4.55. The van der Waals surface area contributed by atoms with E-state index in [1.165, 1.54) is 17.2 Å². The van der Waals surface area contributed by atoms with Gasteiger partial charge in [-0.1, -0.05) is 12.1 Å². The molecular weight excluding hydrogens is 358 g/mol. The topological polar surface area (TPSA) is 83.1 Å². The Bertz CT molecular complexity index is 1060. The van der Waals surface area contributed by atoms with E-state index < -0.39 is 0 Å². The maximum atomic E-state index is 12.4. The molecule has 0 radical (unpaired) electrons. The second-order valence-electron chi connectivity index (χ2n) is 6.87. The second kappa shape index (κ2) is 8.88. The van der Waals surface area contributed by atoms with Crippen molar-refractivity contribution in [3.8, 4) is 5.75 Å². The predicted octanol–water partition coefficient (Wildman–Crippen LogP) is 1.05. The standard InChI is InChI=1S/C20H27N5O3/c1-23-18-17(19(26)24(2)20(23)27)25(14-22-18)12-6-11-21-10-5-8-15-7-4-9-16(13-15)28-3/h4,7,9,13-14,21H,5-6,8,10-12H2,1-3H3. The van der Waals surface area contributed by atoms with Gasteiger partial charge in [0.2, 0.25) is 0 Å². The summed E-state index contributed by atoms with van der Waals surface area (Å²) < 4.78 is 9.60. The van der Waals surface area contributed by atoms with Gasteiger partial charge in [-0.25, -0.2) is 9.78 Å². The fourth-order valence-electron chi connectivity index (χ4n) is 3.31. The maximum absolute atomic E-state index is 12.4. The van der Waals surface area contributed by atoms with Crippen molar-refractivity contribution < 1.29 is 4.74 Å². The number of ether oxygens (including phenoxy) is 1. The zero-order valence-electron chi connectivity index (χ0n) is 16.6. The van der Waals surface area contributed by atoms with Crippen LogP contribution >= 0.6 is 0 Å². The van der Waals surface area contributed by atoms with Crippen LogP contribution in [0.4, 0.5) is 0 Å². The molecule has 0 spiro atoms. The van der Waals surface area contributed by atoms with Gasteiger partial charge in [0.05, 0.1) is 13.4 Å². The van der Waals surface area contributed by atoms with Crippen LogP contribution in [-0.4, -0.2) is 38.9 Å². The Hall–Kier alpha value is -2.87. The van der Waals surface area contributed by atoms with Gasteiger partial charge < -0.3 is 14.6 Å². The van der Waals surface area contributed by atoms with Crippen LogP contribution in [-0.2, 0) is 27.1 Å². The third-order valence-electron chi connectivity index (χ3n) is 4.92. The smallest absolute Gasteiger partial charge is 0.332 e. The third kappa shape index (κ3) is 4.17. The summed E-state index contributed by atoms with van der Waals surface area (Å²) in [6, 6.07) is 8.14. The lowest BCUT2D eigenvalue weighted by Crippen LogP contribution is -2.37. The van der Waals surface area contributed by atoms with Crippen molar-refractivity contribution in [1.82, 2.24) is 24.0 Å². The molecule has 1 aromatic carbocycles. The Kier molecular flexibility index (Phi) is 6.30. The number of hydrogen-bond donors (Lipinski definition) is 1. The molecule has 2 aromatic heterocycles. The molecule has 0 aliphatic rings. The lowest BCUT2D eigenvalue weighted by atomic mass is 10.1. The zero-order valence-corrected chi connectivity index (χ0v) is 16.6. The number of hydrogen-bond acceptors (Lipinski definition) is 5. The van der Waals surface area contributed by atoms with Crippen molar-refractivity contribution >= 4 is 11.2 Å². The van der Waals surface area contributed by atoms with Gasteiger partial charge in [0.25, 0.3) is 5.56 Å². The Morgan fingerprint density at radius 3 is 2.68 bits per heavy atom. The molecule has 0 fully saturated rings. The first-order chi connectivity index (χ1) is 13.5. The Balaban J connectivity index is 1.47. The molecule has 0 atom stereocenters. The van der Waals surface area contributed by atoms with Crippen LogP contribution in [0.5, 0.6) is 5.75 Å². The number of benzene rings is 1. The van der Waals surface area contributed by atoms with E-state index in [0.717, 1.165) is 42.7 Å².